The summed E-state index contributed by atoms with van der Waals surface area (Å²) in [6.45, 7) is 5.02. The second kappa shape index (κ2) is 10.3. The van der Waals surface area contributed by atoms with E-state index >= 15 is 0 Å². The molecule has 1 aromatic carbocycles. The highest BCUT2D eigenvalue weighted by molar-refractivity contribution is 14.0. The number of para-hydroxylation sites is 1. The molecular weight excluding hydrogens is 413 g/mol. The fourth-order valence-corrected chi connectivity index (χ4v) is 2.65. The van der Waals surface area contributed by atoms with Gasteiger partial charge < -0.3 is 11.1 Å². The number of aliphatic imine (C=N–C) groups is 1. The van der Waals surface area contributed by atoms with Gasteiger partial charge in [0, 0.05) is 25.5 Å². The van der Waals surface area contributed by atoms with Crippen LogP contribution in [0, 0.1) is 0 Å². The summed E-state index contributed by atoms with van der Waals surface area (Å²) in [6, 6.07) is 6.37. The number of aromatic nitrogens is 2. The molecule has 0 radical (unpaired) electrons. The maximum absolute atomic E-state index is 6.06. The van der Waals surface area contributed by atoms with Crippen LogP contribution in [0.2, 0.25) is 0 Å². The highest BCUT2D eigenvalue weighted by atomic mass is 127. The van der Waals surface area contributed by atoms with Gasteiger partial charge in [-0.25, -0.2) is 0 Å². The molecule has 0 saturated carbocycles. The van der Waals surface area contributed by atoms with Crippen molar-refractivity contribution in [2.45, 2.75) is 39.5 Å². The van der Waals surface area contributed by atoms with Crippen molar-refractivity contribution in [3.8, 4) is 0 Å². The molecule has 1 heterocycles. The molecule has 0 aliphatic heterocycles. The number of hydrogen-bond acceptors (Lipinski definition) is 2. The summed E-state index contributed by atoms with van der Waals surface area (Å²) < 4.78 is 1.82. The molecule has 0 aliphatic carbocycles. The third kappa shape index (κ3) is 5.81. The van der Waals surface area contributed by atoms with Gasteiger partial charge in [0.25, 0.3) is 0 Å². The molecule has 0 saturated heterocycles. The monoisotopic (exact) mass is 441 g/mol. The van der Waals surface area contributed by atoms with E-state index in [1.807, 2.05) is 24.1 Å². The summed E-state index contributed by atoms with van der Waals surface area (Å²) in [6.07, 6.45) is 7.82. The average molecular weight is 441 g/mol. The Bertz CT molecular complexity index is 641. The van der Waals surface area contributed by atoms with E-state index in [1.165, 1.54) is 16.7 Å². The molecule has 0 unspecified atom stereocenters. The fraction of sp³-hybridized carbons (Fsp3) is 0.444. The largest absolute Gasteiger partial charge is 0.370 e. The van der Waals surface area contributed by atoms with Crippen molar-refractivity contribution in [1.29, 1.82) is 0 Å². The molecule has 3 N–H and O–H groups in total. The van der Waals surface area contributed by atoms with Gasteiger partial charge in [-0.1, -0.05) is 32.0 Å². The van der Waals surface area contributed by atoms with Crippen molar-refractivity contribution in [2.24, 2.45) is 17.8 Å². The molecule has 0 spiro atoms. The van der Waals surface area contributed by atoms with Crippen molar-refractivity contribution in [2.75, 3.05) is 11.9 Å². The van der Waals surface area contributed by atoms with Crippen LogP contribution < -0.4 is 11.1 Å². The molecule has 0 fully saturated rings. The van der Waals surface area contributed by atoms with Gasteiger partial charge in [-0.15, -0.1) is 24.0 Å². The molecule has 0 bridgehead atoms. The van der Waals surface area contributed by atoms with Crippen LogP contribution in [0.15, 0.2) is 35.6 Å². The standard InChI is InChI=1S/C18H27N5.HI/c1-4-15-9-6-10-16(5-2)17(15)22-18(19)20-11-7-8-14-12-21-23(3)13-14;/h6,9-10,12-13H,4-5,7-8,11H2,1-3H3,(H3,19,20,22);1H. The summed E-state index contributed by atoms with van der Waals surface area (Å²) in [5.41, 5.74) is 11.0. The van der Waals surface area contributed by atoms with E-state index in [0.29, 0.717) is 12.5 Å². The van der Waals surface area contributed by atoms with Crippen LogP contribution in [0.5, 0.6) is 0 Å². The molecule has 5 nitrogen and oxygen atoms in total. The molecule has 132 valence electrons. The Morgan fingerprint density at radius 2 is 1.92 bits per heavy atom. The first-order valence-corrected chi connectivity index (χ1v) is 8.29. The third-order valence-corrected chi connectivity index (χ3v) is 3.92. The Kier molecular flexibility index (Phi) is 8.81. The van der Waals surface area contributed by atoms with Gasteiger partial charge in [-0.05, 0) is 42.4 Å². The molecule has 0 aliphatic rings. The van der Waals surface area contributed by atoms with Crippen molar-refractivity contribution in [3.63, 3.8) is 0 Å². The van der Waals surface area contributed by atoms with E-state index < -0.39 is 0 Å². The Morgan fingerprint density at radius 3 is 2.46 bits per heavy atom. The van der Waals surface area contributed by atoms with Gasteiger partial charge in [0.2, 0.25) is 0 Å². The second-order valence-electron chi connectivity index (χ2n) is 5.68. The van der Waals surface area contributed by atoms with Crippen LogP contribution >= 0.6 is 24.0 Å². The Morgan fingerprint density at radius 1 is 1.25 bits per heavy atom. The predicted molar refractivity (Wildman–Crippen MR) is 112 cm³/mol. The van der Waals surface area contributed by atoms with Crippen LogP contribution in [-0.4, -0.2) is 22.3 Å². The summed E-state index contributed by atoms with van der Waals surface area (Å²) >= 11 is 0. The number of nitrogens with two attached hydrogens (primary N) is 1. The third-order valence-electron chi connectivity index (χ3n) is 3.92. The van der Waals surface area contributed by atoms with E-state index in [2.05, 4.69) is 47.5 Å². The SMILES string of the molecule is CCc1cccc(CC)c1NC(N)=NCCCc1cnn(C)c1.I. The molecule has 1 aromatic heterocycles. The highest BCUT2D eigenvalue weighted by Gasteiger charge is 2.06. The molecule has 6 heteroatoms. The zero-order chi connectivity index (χ0) is 16.7. The highest BCUT2D eigenvalue weighted by Crippen LogP contribution is 2.22. The number of benzene rings is 1. The smallest absolute Gasteiger partial charge is 0.193 e. The lowest BCUT2D eigenvalue weighted by Crippen LogP contribution is -2.24. The van der Waals surface area contributed by atoms with Crippen molar-refractivity contribution < 1.29 is 0 Å². The number of nitrogens with one attached hydrogen (secondary N) is 1. The summed E-state index contributed by atoms with van der Waals surface area (Å²) in [7, 11) is 1.93. The number of guanidine groups is 1. The minimum atomic E-state index is 0. The Labute approximate surface area is 161 Å². The van der Waals surface area contributed by atoms with E-state index in [-0.39, 0.29) is 24.0 Å². The lowest BCUT2D eigenvalue weighted by Gasteiger charge is -2.14. The molecule has 0 atom stereocenters. The van der Waals surface area contributed by atoms with Gasteiger partial charge >= 0.3 is 0 Å². The maximum Gasteiger partial charge on any atom is 0.193 e. The normalized spacial score (nSPS) is 11.2. The van der Waals surface area contributed by atoms with E-state index in [4.69, 9.17) is 5.73 Å². The van der Waals surface area contributed by atoms with Crippen molar-refractivity contribution in [3.05, 3.63) is 47.3 Å². The van der Waals surface area contributed by atoms with Crippen molar-refractivity contribution in [1.82, 2.24) is 9.78 Å². The topological polar surface area (TPSA) is 68.2 Å². The van der Waals surface area contributed by atoms with Gasteiger partial charge in [0.05, 0.1) is 6.20 Å². The molecule has 2 rings (SSSR count). The number of rotatable bonds is 7. The predicted octanol–water partition coefficient (Wildman–Crippen LogP) is 3.52. The van der Waals surface area contributed by atoms with Gasteiger partial charge in [-0.3, -0.25) is 9.67 Å². The van der Waals surface area contributed by atoms with Crippen molar-refractivity contribution >= 4 is 35.6 Å². The molecule has 24 heavy (non-hydrogen) atoms. The molecular formula is C18H28IN5. The zero-order valence-corrected chi connectivity index (χ0v) is 17.1. The van der Waals surface area contributed by atoms with Gasteiger partial charge in [-0.2, -0.15) is 5.10 Å². The van der Waals surface area contributed by atoms with E-state index in [1.54, 1.807) is 0 Å². The minimum Gasteiger partial charge on any atom is -0.370 e. The first kappa shape index (κ1) is 20.5. The van der Waals surface area contributed by atoms with Crippen LogP contribution in [-0.2, 0) is 26.3 Å². The summed E-state index contributed by atoms with van der Waals surface area (Å²) in [4.78, 5) is 4.45. The number of nitrogens with zero attached hydrogens (tertiary/aromatic N) is 3. The van der Waals surface area contributed by atoms with Gasteiger partial charge in [0.15, 0.2) is 5.96 Å². The quantitative estimate of drug-likeness (QED) is 0.299. The number of hydrogen-bond donors (Lipinski definition) is 2. The second-order valence-corrected chi connectivity index (χ2v) is 5.68. The Balaban J connectivity index is 0.00000288. The summed E-state index contributed by atoms with van der Waals surface area (Å²) in [5.74, 6) is 0.492. The molecule has 2 aromatic rings. The van der Waals surface area contributed by atoms with E-state index in [9.17, 15) is 0 Å². The minimum absolute atomic E-state index is 0. The van der Waals surface area contributed by atoms with E-state index in [0.717, 1.165) is 31.4 Å². The number of aryl methyl sites for hydroxylation is 4. The Hall–Kier alpha value is -1.57. The van der Waals surface area contributed by atoms with Crippen LogP contribution in [0.25, 0.3) is 0 Å². The van der Waals surface area contributed by atoms with Crippen LogP contribution in [0.1, 0.15) is 37.0 Å². The first-order valence-electron chi connectivity index (χ1n) is 8.29. The van der Waals surface area contributed by atoms with Crippen LogP contribution in [0.3, 0.4) is 0 Å². The maximum atomic E-state index is 6.06. The van der Waals surface area contributed by atoms with Gasteiger partial charge in [0.1, 0.15) is 0 Å². The van der Waals surface area contributed by atoms with Crippen LogP contribution in [0.4, 0.5) is 5.69 Å². The lowest BCUT2D eigenvalue weighted by atomic mass is 10.0. The number of anilines is 1. The number of halogens is 1. The lowest BCUT2D eigenvalue weighted by molar-refractivity contribution is 0.765. The summed E-state index contributed by atoms with van der Waals surface area (Å²) in [5, 5.41) is 7.46. The first-order chi connectivity index (χ1) is 11.1. The average Bonchev–Trinajstić information content (AvgIpc) is 2.97. The fourth-order valence-electron chi connectivity index (χ4n) is 2.65. The zero-order valence-electron chi connectivity index (χ0n) is 14.7. The molecule has 0 amide bonds.